The second-order valence-corrected chi connectivity index (χ2v) is 9.95. The molecular weight excluding hydrogens is 424 g/mol. The fourth-order valence-electron chi connectivity index (χ4n) is 6.75. The zero-order valence-electron chi connectivity index (χ0n) is 19.0. The summed E-state index contributed by atoms with van der Waals surface area (Å²) in [6.07, 6.45) is 1.98. The van der Waals surface area contributed by atoms with Crippen LogP contribution in [-0.4, -0.2) is 9.38 Å². The van der Waals surface area contributed by atoms with Crippen LogP contribution in [0.2, 0.25) is 0 Å². The van der Waals surface area contributed by atoms with E-state index in [4.69, 9.17) is 4.98 Å². The number of benzene rings is 5. The Balaban J connectivity index is 1.59. The van der Waals surface area contributed by atoms with E-state index in [1.807, 2.05) is 0 Å². The Hall–Kier alpha value is -4.43. The van der Waals surface area contributed by atoms with Crippen molar-refractivity contribution in [3.05, 3.63) is 119 Å². The van der Waals surface area contributed by atoms with Crippen LogP contribution in [0.25, 0.3) is 60.6 Å². The molecule has 0 aliphatic heterocycles. The van der Waals surface area contributed by atoms with Crippen LogP contribution in [-0.2, 0) is 12.8 Å². The summed E-state index contributed by atoms with van der Waals surface area (Å²) in [5.74, 6) is 0. The highest BCUT2D eigenvalue weighted by Gasteiger charge is 2.28. The Labute approximate surface area is 202 Å². The van der Waals surface area contributed by atoms with Gasteiger partial charge in [0.2, 0.25) is 0 Å². The van der Waals surface area contributed by atoms with Crippen molar-refractivity contribution in [2.24, 2.45) is 0 Å². The van der Waals surface area contributed by atoms with E-state index in [9.17, 15) is 0 Å². The minimum Gasteiger partial charge on any atom is -0.291 e. The molecular formula is C33H20N2. The molecule has 0 unspecified atom stereocenters. The summed E-state index contributed by atoms with van der Waals surface area (Å²) < 4.78 is 2.45. The SMILES string of the molecule is c1ccc2c(c1)Cc1ccc3c4ccc5c(c4n4c6ccccc6nc4c3c1-2)-c1ccccc1C5. The van der Waals surface area contributed by atoms with E-state index < -0.39 is 0 Å². The molecule has 2 aliphatic rings. The van der Waals surface area contributed by atoms with Gasteiger partial charge >= 0.3 is 0 Å². The lowest BCUT2D eigenvalue weighted by atomic mass is 9.93. The fourth-order valence-corrected chi connectivity index (χ4v) is 6.75. The Morgan fingerprint density at radius 3 is 1.97 bits per heavy atom. The summed E-state index contributed by atoms with van der Waals surface area (Å²) in [6, 6.07) is 35.7. The number of aromatic nitrogens is 2. The number of para-hydroxylation sites is 2. The molecule has 2 heteroatoms. The summed E-state index contributed by atoms with van der Waals surface area (Å²) in [5, 5.41) is 3.88. The first kappa shape index (κ1) is 18.0. The third-order valence-corrected chi connectivity index (χ3v) is 8.19. The highest BCUT2D eigenvalue weighted by molar-refractivity contribution is 6.22. The molecule has 0 saturated heterocycles. The van der Waals surface area contributed by atoms with Gasteiger partial charge in [0.05, 0.1) is 16.6 Å². The molecule has 2 aliphatic carbocycles. The Morgan fingerprint density at radius 1 is 0.543 bits per heavy atom. The van der Waals surface area contributed by atoms with Gasteiger partial charge in [0.1, 0.15) is 5.65 Å². The first-order valence-electron chi connectivity index (χ1n) is 12.3. The molecule has 0 atom stereocenters. The van der Waals surface area contributed by atoms with E-state index >= 15 is 0 Å². The van der Waals surface area contributed by atoms with E-state index in [0.717, 1.165) is 24.0 Å². The number of fused-ring (bicyclic) bond motifs is 16. The van der Waals surface area contributed by atoms with Gasteiger partial charge in [0, 0.05) is 16.3 Å². The standard InChI is InChI=1S/C33H20N2/c1-3-9-23-19(7-1)17-21-13-15-25-26-16-14-22-18-20-8-2-4-10-24(20)30(22)32(26)35-28-12-6-5-11-27(28)34-33(35)31(25)29(21)23/h1-16H,17-18H2. The van der Waals surface area contributed by atoms with Crippen LogP contribution in [0.15, 0.2) is 97.1 Å². The Bertz CT molecular complexity index is 2060. The van der Waals surface area contributed by atoms with Gasteiger partial charge in [0.15, 0.2) is 0 Å². The van der Waals surface area contributed by atoms with Gasteiger partial charge in [-0.15, -0.1) is 0 Å². The van der Waals surface area contributed by atoms with Gasteiger partial charge in [-0.2, -0.15) is 0 Å². The molecule has 0 fully saturated rings. The molecule has 2 nitrogen and oxygen atoms in total. The molecule has 162 valence electrons. The highest BCUT2D eigenvalue weighted by atomic mass is 15.0. The average molecular weight is 445 g/mol. The molecule has 2 heterocycles. The van der Waals surface area contributed by atoms with E-state index in [-0.39, 0.29) is 0 Å². The predicted octanol–water partition coefficient (Wildman–Crippen LogP) is 7.94. The van der Waals surface area contributed by atoms with Crippen molar-refractivity contribution in [1.29, 1.82) is 0 Å². The van der Waals surface area contributed by atoms with Gasteiger partial charge < -0.3 is 0 Å². The van der Waals surface area contributed by atoms with Crippen molar-refractivity contribution < 1.29 is 0 Å². The van der Waals surface area contributed by atoms with E-state index in [1.54, 1.807) is 0 Å². The predicted molar refractivity (Wildman–Crippen MR) is 144 cm³/mol. The monoisotopic (exact) mass is 444 g/mol. The van der Waals surface area contributed by atoms with Crippen LogP contribution in [0, 0.1) is 0 Å². The normalized spacial score (nSPS) is 13.5. The number of hydrogen-bond donors (Lipinski definition) is 0. The topological polar surface area (TPSA) is 17.3 Å². The van der Waals surface area contributed by atoms with E-state index in [2.05, 4.69) is 101 Å². The Morgan fingerprint density at radius 2 is 1.17 bits per heavy atom. The van der Waals surface area contributed by atoms with Crippen molar-refractivity contribution in [3.8, 4) is 22.3 Å². The molecule has 0 saturated carbocycles. The van der Waals surface area contributed by atoms with Crippen LogP contribution in [0.1, 0.15) is 22.3 Å². The maximum atomic E-state index is 5.29. The number of hydrogen-bond acceptors (Lipinski definition) is 1. The summed E-state index contributed by atoms with van der Waals surface area (Å²) in [6.45, 7) is 0. The van der Waals surface area contributed by atoms with Crippen molar-refractivity contribution in [1.82, 2.24) is 9.38 Å². The minimum absolute atomic E-state index is 0.990. The lowest BCUT2D eigenvalue weighted by Crippen LogP contribution is -1.97. The average Bonchev–Trinajstić information content (AvgIpc) is 3.59. The smallest absolute Gasteiger partial charge is 0.147 e. The first-order valence-corrected chi connectivity index (χ1v) is 12.3. The summed E-state index contributed by atoms with van der Waals surface area (Å²) in [4.78, 5) is 5.29. The van der Waals surface area contributed by atoms with Crippen molar-refractivity contribution in [3.63, 3.8) is 0 Å². The third kappa shape index (κ3) is 2.14. The van der Waals surface area contributed by atoms with Gasteiger partial charge in [0.25, 0.3) is 0 Å². The van der Waals surface area contributed by atoms with Crippen molar-refractivity contribution in [2.75, 3.05) is 0 Å². The molecule has 2 aromatic heterocycles. The zero-order chi connectivity index (χ0) is 22.7. The number of rotatable bonds is 0. The molecule has 0 radical (unpaired) electrons. The second kappa shape index (κ2) is 6.17. The first-order chi connectivity index (χ1) is 17.4. The second-order valence-electron chi connectivity index (χ2n) is 9.95. The molecule has 0 bridgehead atoms. The molecule has 5 aromatic carbocycles. The van der Waals surface area contributed by atoms with Crippen LogP contribution in [0.5, 0.6) is 0 Å². The third-order valence-electron chi connectivity index (χ3n) is 8.19. The van der Waals surface area contributed by atoms with E-state index in [0.29, 0.717) is 0 Å². The number of nitrogens with zero attached hydrogens (tertiary/aromatic N) is 2. The largest absolute Gasteiger partial charge is 0.291 e. The fraction of sp³-hybridized carbons (Fsp3) is 0.0606. The maximum Gasteiger partial charge on any atom is 0.147 e. The quantitative estimate of drug-likeness (QED) is 0.217. The van der Waals surface area contributed by atoms with Crippen molar-refractivity contribution in [2.45, 2.75) is 12.8 Å². The highest BCUT2D eigenvalue weighted by Crippen LogP contribution is 2.48. The number of imidazole rings is 1. The molecule has 9 rings (SSSR count). The molecule has 0 spiro atoms. The molecule has 7 aromatic rings. The van der Waals surface area contributed by atoms with Crippen LogP contribution in [0.3, 0.4) is 0 Å². The van der Waals surface area contributed by atoms with Crippen LogP contribution in [0.4, 0.5) is 0 Å². The van der Waals surface area contributed by atoms with Gasteiger partial charge in [-0.1, -0.05) is 84.9 Å². The lowest BCUT2D eigenvalue weighted by Gasteiger charge is -2.16. The Kier molecular flexibility index (Phi) is 3.16. The molecule has 35 heavy (non-hydrogen) atoms. The van der Waals surface area contributed by atoms with Gasteiger partial charge in [-0.05, 0) is 69.3 Å². The van der Waals surface area contributed by atoms with E-state index in [1.165, 1.54) is 71.7 Å². The summed E-state index contributed by atoms with van der Waals surface area (Å²) in [5.41, 5.74) is 15.7. The van der Waals surface area contributed by atoms with Crippen LogP contribution < -0.4 is 0 Å². The molecule has 0 amide bonds. The van der Waals surface area contributed by atoms with Crippen molar-refractivity contribution >= 4 is 38.4 Å². The lowest BCUT2D eigenvalue weighted by molar-refractivity contribution is 1.26. The van der Waals surface area contributed by atoms with Gasteiger partial charge in [-0.25, -0.2) is 4.98 Å². The minimum atomic E-state index is 0.990. The zero-order valence-corrected chi connectivity index (χ0v) is 19.0. The molecule has 0 N–H and O–H groups in total. The maximum absolute atomic E-state index is 5.29. The number of pyridine rings is 1. The summed E-state index contributed by atoms with van der Waals surface area (Å²) in [7, 11) is 0. The van der Waals surface area contributed by atoms with Gasteiger partial charge in [-0.3, -0.25) is 4.40 Å². The van der Waals surface area contributed by atoms with Crippen LogP contribution >= 0.6 is 0 Å². The summed E-state index contributed by atoms with van der Waals surface area (Å²) >= 11 is 0.